The van der Waals surface area contributed by atoms with Crippen LogP contribution in [0.5, 0.6) is 5.75 Å². The fourth-order valence-corrected chi connectivity index (χ4v) is 2.60. The van der Waals surface area contributed by atoms with E-state index in [-0.39, 0.29) is 23.1 Å². The molecule has 8 heteroatoms. The summed E-state index contributed by atoms with van der Waals surface area (Å²) in [5, 5.41) is 14.0. The minimum Gasteiger partial charge on any atom is -0.483 e. The Balaban J connectivity index is 2.18. The van der Waals surface area contributed by atoms with Gasteiger partial charge in [-0.25, -0.2) is 0 Å². The number of benzene rings is 1. The van der Waals surface area contributed by atoms with Gasteiger partial charge in [-0.3, -0.25) is 4.79 Å². The van der Waals surface area contributed by atoms with Gasteiger partial charge in [0.25, 0.3) is 11.6 Å². The van der Waals surface area contributed by atoms with Crippen molar-refractivity contribution in [2.24, 2.45) is 11.0 Å². The molecular weight excluding hydrogens is 337 g/mol. The molecule has 138 valence electrons. The molecule has 1 aliphatic heterocycles. The smallest absolute Gasteiger partial charge is 0.438 e. The maximum atomic E-state index is 13.3. The van der Waals surface area contributed by atoms with Crippen LogP contribution in [0.3, 0.4) is 0 Å². The Morgan fingerprint density at radius 1 is 1.40 bits per heavy atom. The molecule has 0 saturated carbocycles. The number of ether oxygens (including phenoxy) is 1. The molecule has 0 saturated heterocycles. The third-order valence-corrected chi connectivity index (χ3v) is 3.82. The minimum absolute atomic E-state index is 0.0505. The number of aliphatic hydroxyl groups is 1. The van der Waals surface area contributed by atoms with E-state index < -0.39 is 30.8 Å². The highest BCUT2D eigenvalue weighted by Gasteiger charge is 2.63. The highest BCUT2D eigenvalue weighted by molar-refractivity contribution is 5.91. The molecule has 0 aromatic heterocycles. The number of aryl methyl sites for hydroxylation is 1. The second-order valence-electron chi connectivity index (χ2n) is 6.52. The van der Waals surface area contributed by atoms with E-state index in [0.717, 1.165) is 5.56 Å². The number of hydrogen-bond donors (Lipinski definition) is 1. The molecule has 0 radical (unpaired) electrons. The van der Waals surface area contributed by atoms with Crippen molar-refractivity contribution < 1.29 is 27.8 Å². The molecule has 25 heavy (non-hydrogen) atoms. The summed E-state index contributed by atoms with van der Waals surface area (Å²) < 4.78 is 45.3. The van der Waals surface area contributed by atoms with Crippen LogP contribution in [0.15, 0.2) is 29.4 Å². The summed E-state index contributed by atoms with van der Waals surface area (Å²) in [5.74, 6) is -0.617. The Kier molecular flexibility index (Phi) is 5.41. The van der Waals surface area contributed by atoms with Crippen LogP contribution < -0.4 is 4.74 Å². The molecule has 0 spiro atoms. The van der Waals surface area contributed by atoms with Crippen LogP contribution >= 0.6 is 0 Å². The lowest BCUT2D eigenvalue weighted by atomic mass is 9.99. The average molecular weight is 358 g/mol. The topological polar surface area (TPSA) is 62.1 Å². The lowest BCUT2D eigenvalue weighted by Crippen LogP contribution is -2.57. The first-order chi connectivity index (χ1) is 11.5. The van der Waals surface area contributed by atoms with Crippen LogP contribution in [0.4, 0.5) is 13.2 Å². The molecule has 1 aromatic carbocycles. The van der Waals surface area contributed by atoms with Crippen molar-refractivity contribution in [2.45, 2.75) is 45.5 Å². The van der Waals surface area contributed by atoms with Gasteiger partial charge in [-0.05, 0) is 30.9 Å². The standard InChI is InChI=1S/C17H21F3N2O3/c1-11(2)8-13-9-16(24,17(18,19)20)22(21-13)15(23)10-25-14-7-5-4-6-12(14)3/h4-7,11,24H,8-10H2,1-3H3/t16-/m0/s1. The normalized spacial score (nSPS) is 20.8. The van der Waals surface area contributed by atoms with E-state index in [2.05, 4.69) is 5.10 Å². The number of carbonyl (C=O) groups is 1. The summed E-state index contributed by atoms with van der Waals surface area (Å²) >= 11 is 0. The fraction of sp³-hybridized carbons (Fsp3) is 0.529. The van der Waals surface area contributed by atoms with Crippen LogP contribution in [0, 0.1) is 12.8 Å². The highest BCUT2D eigenvalue weighted by atomic mass is 19.4. The molecule has 2 rings (SSSR count). The van der Waals surface area contributed by atoms with Crippen molar-refractivity contribution in [3.05, 3.63) is 29.8 Å². The summed E-state index contributed by atoms with van der Waals surface area (Å²) in [6.07, 6.45) is -5.50. The van der Waals surface area contributed by atoms with Crippen molar-refractivity contribution >= 4 is 11.6 Å². The van der Waals surface area contributed by atoms with Crippen molar-refractivity contribution in [1.82, 2.24) is 5.01 Å². The zero-order valence-corrected chi connectivity index (χ0v) is 14.3. The van der Waals surface area contributed by atoms with Gasteiger partial charge in [0.05, 0.1) is 0 Å². The average Bonchev–Trinajstić information content (AvgIpc) is 2.83. The van der Waals surface area contributed by atoms with Crippen LogP contribution in [-0.2, 0) is 4.79 Å². The lowest BCUT2D eigenvalue weighted by Gasteiger charge is -2.32. The van der Waals surface area contributed by atoms with Gasteiger partial charge in [-0.15, -0.1) is 0 Å². The van der Waals surface area contributed by atoms with Crippen LogP contribution in [0.25, 0.3) is 0 Å². The number of para-hydroxylation sites is 1. The number of halogens is 3. The Morgan fingerprint density at radius 3 is 2.60 bits per heavy atom. The molecule has 5 nitrogen and oxygen atoms in total. The first kappa shape index (κ1) is 19.2. The molecule has 1 aliphatic rings. The molecular formula is C17H21F3N2O3. The summed E-state index contributed by atoms with van der Waals surface area (Å²) in [6.45, 7) is 4.74. The Bertz CT molecular complexity index is 673. The number of alkyl halides is 3. The maximum absolute atomic E-state index is 13.3. The molecule has 0 bridgehead atoms. The maximum Gasteiger partial charge on any atom is 0.438 e. The Morgan fingerprint density at radius 2 is 2.04 bits per heavy atom. The quantitative estimate of drug-likeness (QED) is 0.879. The largest absolute Gasteiger partial charge is 0.483 e. The summed E-state index contributed by atoms with van der Waals surface area (Å²) in [4.78, 5) is 12.3. The van der Waals surface area contributed by atoms with Gasteiger partial charge in [0.2, 0.25) is 0 Å². The number of hydrogen-bond acceptors (Lipinski definition) is 4. The third kappa shape index (κ3) is 4.12. The van der Waals surface area contributed by atoms with Crippen LogP contribution in [0.2, 0.25) is 0 Å². The number of rotatable bonds is 5. The Labute approximate surface area is 144 Å². The van der Waals surface area contributed by atoms with E-state index in [0.29, 0.717) is 5.75 Å². The molecule has 0 fully saturated rings. The first-order valence-corrected chi connectivity index (χ1v) is 7.91. The SMILES string of the molecule is Cc1ccccc1OCC(=O)N1N=C(CC(C)C)C[C@]1(O)C(F)(F)F. The highest BCUT2D eigenvalue weighted by Crippen LogP contribution is 2.41. The van der Waals surface area contributed by atoms with E-state index in [1.807, 2.05) is 13.8 Å². The number of hydrazone groups is 1. The minimum atomic E-state index is -5.02. The van der Waals surface area contributed by atoms with E-state index in [4.69, 9.17) is 4.74 Å². The first-order valence-electron chi connectivity index (χ1n) is 7.91. The van der Waals surface area contributed by atoms with Gasteiger partial charge in [0.1, 0.15) is 5.75 Å². The van der Waals surface area contributed by atoms with E-state index >= 15 is 0 Å². The van der Waals surface area contributed by atoms with Crippen LogP contribution in [0.1, 0.15) is 32.3 Å². The summed E-state index contributed by atoms with van der Waals surface area (Å²) in [6, 6.07) is 6.82. The van der Waals surface area contributed by atoms with Gasteiger partial charge in [-0.2, -0.15) is 23.3 Å². The molecule has 1 amide bonds. The predicted molar refractivity (Wildman–Crippen MR) is 86.0 cm³/mol. The van der Waals surface area contributed by atoms with Crippen molar-refractivity contribution in [2.75, 3.05) is 6.61 Å². The molecule has 1 heterocycles. The molecule has 1 aromatic rings. The Hall–Kier alpha value is -2.09. The third-order valence-electron chi connectivity index (χ3n) is 3.82. The van der Waals surface area contributed by atoms with Crippen molar-refractivity contribution in [3.8, 4) is 5.75 Å². The summed E-state index contributed by atoms with van der Waals surface area (Å²) in [5.41, 5.74) is -2.45. The molecule has 0 unspecified atom stereocenters. The molecule has 1 atom stereocenters. The van der Waals surface area contributed by atoms with Gasteiger partial charge >= 0.3 is 6.18 Å². The number of carbonyl (C=O) groups excluding carboxylic acids is 1. The van der Waals surface area contributed by atoms with E-state index in [9.17, 15) is 23.1 Å². The number of nitrogens with zero attached hydrogens (tertiary/aromatic N) is 2. The zero-order chi connectivity index (χ0) is 18.8. The van der Waals surface area contributed by atoms with Gasteiger partial charge in [0, 0.05) is 12.1 Å². The zero-order valence-electron chi connectivity index (χ0n) is 14.3. The molecule has 0 aliphatic carbocycles. The monoisotopic (exact) mass is 358 g/mol. The van der Waals surface area contributed by atoms with Crippen molar-refractivity contribution in [1.29, 1.82) is 0 Å². The fourth-order valence-electron chi connectivity index (χ4n) is 2.60. The summed E-state index contributed by atoms with van der Waals surface area (Å²) in [7, 11) is 0. The second-order valence-corrected chi connectivity index (χ2v) is 6.52. The van der Waals surface area contributed by atoms with Gasteiger partial charge in [0.15, 0.2) is 6.61 Å². The van der Waals surface area contributed by atoms with Crippen LogP contribution in [-0.4, -0.2) is 40.2 Å². The van der Waals surface area contributed by atoms with E-state index in [1.165, 1.54) is 0 Å². The second kappa shape index (κ2) is 7.03. The van der Waals surface area contributed by atoms with E-state index in [1.54, 1.807) is 31.2 Å². The predicted octanol–water partition coefficient (Wildman–Crippen LogP) is 3.26. The van der Waals surface area contributed by atoms with Gasteiger partial charge in [-0.1, -0.05) is 32.0 Å². The van der Waals surface area contributed by atoms with Crippen molar-refractivity contribution in [3.63, 3.8) is 0 Å². The lowest BCUT2D eigenvalue weighted by molar-refractivity contribution is -0.302. The molecule has 1 N–H and O–H groups in total. The number of amides is 1. The van der Waals surface area contributed by atoms with Gasteiger partial charge < -0.3 is 9.84 Å².